The molecule has 1 saturated heterocycles. The molecule has 1 aliphatic rings. The van der Waals surface area contributed by atoms with Crippen molar-refractivity contribution in [3.8, 4) is 5.88 Å². The van der Waals surface area contributed by atoms with Crippen LogP contribution in [0.3, 0.4) is 0 Å². The van der Waals surface area contributed by atoms with Gasteiger partial charge in [0.15, 0.2) is 0 Å². The Bertz CT molecular complexity index is 938. The Labute approximate surface area is 158 Å². The second kappa shape index (κ2) is 7.22. The molecule has 2 aromatic heterocycles. The highest BCUT2D eigenvalue weighted by Gasteiger charge is 2.19. The standard InChI is InChI=1S/C19H23N7O/c1-24(2)17-11-18(22-13-21-17)26-8-6-25(7-9-26)14-4-5-16-15(10-14)19(27-3)23-12-20-16/h4-5,10-13H,6-9H2,1-3H3. The molecular weight excluding hydrogens is 342 g/mol. The first kappa shape index (κ1) is 17.3. The van der Waals surface area contributed by atoms with Gasteiger partial charge in [0.25, 0.3) is 0 Å². The lowest BCUT2D eigenvalue weighted by Crippen LogP contribution is -2.46. The molecule has 0 radical (unpaired) electrons. The third kappa shape index (κ3) is 3.42. The van der Waals surface area contributed by atoms with Crippen molar-refractivity contribution in [1.29, 1.82) is 0 Å². The highest BCUT2D eigenvalue weighted by molar-refractivity contribution is 5.86. The van der Waals surface area contributed by atoms with Gasteiger partial charge in [0.05, 0.1) is 18.0 Å². The molecule has 1 aliphatic heterocycles. The van der Waals surface area contributed by atoms with Gasteiger partial charge in [-0.15, -0.1) is 0 Å². The molecule has 27 heavy (non-hydrogen) atoms. The van der Waals surface area contributed by atoms with E-state index in [0.29, 0.717) is 5.88 Å². The number of ether oxygens (including phenoxy) is 1. The van der Waals surface area contributed by atoms with Gasteiger partial charge in [0, 0.05) is 52.0 Å². The summed E-state index contributed by atoms with van der Waals surface area (Å²) >= 11 is 0. The Morgan fingerprint density at radius 2 is 1.63 bits per heavy atom. The van der Waals surface area contributed by atoms with Crippen molar-refractivity contribution in [2.75, 3.05) is 62.1 Å². The molecule has 0 N–H and O–H groups in total. The van der Waals surface area contributed by atoms with Crippen molar-refractivity contribution in [3.05, 3.63) is 36.9 Å². The first-order valence-electron chi connectivity index (χ1n) is 8.94. The predicted octanol–water partition coefficient (Wildman–Crippen LogP) is 1.82. The zero-order chi connectivity index (χ0) is 18.8. The Balaban J connectivity index is 1.51. The zero-order valence-electron chi connectivity index (χ0n) is 15.8. The van der Waals surface area contributed by atoms with E-state index in [1.54, 1.807) is 13.4 Å². The molecule has 8 nitrogen and oxygen atoms in total. The van der Waals surface area contributed by atoms with Crippen LogP contribution < -0.4 is 19.4 Å². The van der Waals surface area contributed by atoms with Crippen LogP contribution in [0.1, 0.15) is 0 Å². The topological polar surface area (TPSA) is 70.5 Å². The SMILES string of the molecule is COc1ncnc2ccc(N3CCN(c4cc(N(C)C)ncn4)CC3)cc12. The van der Waals surface area contributed by atoms with Gasteiger partial charge in [0.1, 0.15) is 24.3 Å². The Hall–Kier alpha value is -3.16. The van der Waals surface area contributed by atoms with Crippen LogP contribution in [-0.4, -0.2) is 67.3 Å². The fourth-order valence-corrected chi connectivity index (χ4v) is 3.33. The van der Waals surface area contributed by atoms with Crippen molar-refractivity contribution in [2.24, 2.45) is 0 Å². The summed E-state index contributed by atoms with van der Waals surface area (Å²) in [6.07, 6.45) is 3.16. The van der Waals surface area contributed by atoms with Crippen molar-refractivity contribution in [3.63, 3.8) is 0 Å². The lowest BCUT2D eigenvalue weighted by atomic mass is 10.2. The van der Waals surface area contributed by atoms with Crippen LogP contribution in [0.2, 0.25) is 0 Å². The lowest BCUT2D eigenvalue weighted by Gasteiger charge is -2.37. The number of fused-ring (bicyclic) bond motifs is 1. The van der Waals surface area contributed by atoms with Gasteiger partial charge < -0.3 is 19.4 Å². The zero-order valence-corrected chi connectivity index (χ0v) is 15.8. The van der Waals surface area contributed by atoms with Crippen molar-refractivity contribution in [1.82, 2.24) is 19.9 Å². The van der Waals surface area contributed by atoms with E-state index >= 15 is 0 Å². The normalized spacial score (nSPS) is 14.5. The summed E-state index contributed by atoms with van der Waals surface area (Å²) in [5.74, 6) is 2.50. The van der Waals surface area contributed by atoms with Crippen LogP contribution in [0.4, 0.5) is 17.3 Å². The van der Waals surface area contributed by atoms with Crippen molar-refractivity contribution < 1.29 is 4.74 Å². The maximum Gasteiger partial charge on any atom is 0.224 e. The summed E-state index contributed by atoms with van der Waals surface area (Å²) in [7, 11) is 5.61. The molecule has 0 saturated carbocycles. The molecule has 4 rings (SSSR count). The minimum Gasteiger partial charge on any atom is -0.480 e. The second-order valence-corrected chi connectivity index (χ2v) is 6.69. The Kier molecular flexibility index (Phi) is 4.62. The van der Waals surface area contributed by atoms with Crippen LogP contribution >= 0.6 is 0 Å². The van der Waals surface area contributed by atoms with Gasteiger partial charge in [-0.2, -0.15) is 0 Å². The molecular formula is C19H23N7O. The monoisotopic (exact) mass is 365 g/mol. The molecule has 140 valence electrons. The molecule has 0 aliphatic carbocycles. The number of aromatic nitrogens is 4. The van der Waals surface area contributed by atoms with E-state index in [2.05, 4.69) is 41.9 Å². The fraction of sp³-hybridized carbons (Fsp3) is 0.368. The van der Waals surface area contributed by atoms with Gasteiger partial charge in [-0.05, 0) is 18.2 Å². The molecule has 0 amide bonds. The number of benzene rings is 1. The van der Waals surface area contributed by atoms with Crippen LogP contribution in [0, 0.1) is 0 Å². The first-order valence-corrected chi connectivity index (χ1v) is 8.94. The smallest absolute Gasteiger partial charge is 0.224 e. The van der Waals surface area contributed by atoms with E-state index in [9.17, 15) is 0 Å². The summed E-state index contributed by atoms with van der Waals surface area (Å²) in [4.78, 5) is 23.9. The second-order valence-electron chi connectivity index (χ2n) is 6.69. The summed E-state index contributed by atoms with van der Waals surface area (Å²) < 4.78 is 5.38. The number of anilines is 3. The molecule has 0 atom stereocenters. The predicted molar refractivity (Wildman–Crippen MR) is 107 cm³/mol. The minimum atomic E-state index is 0.609. The van der Waals surface area contributed by atoms with E-state index < -0.39 is 0 Å². The number of nitrogens with zero attached hydrogens (tertiary/aromatic N) is 7. The van der Waals surface area contributed by atoms with Gasteiger partial charge >= 0.3 is 0 Å². The van der Waals surface area contributed by atoms with Gasteiger partial charge in [-0.1, -0.05) is 0 Å². The maximum absolute atomic E-state index is 5.38. The molecule has 1 fully saturated rings. The summed E-state index contributed by atoms with van der Waals surface area (Å²) in [6.45, 7) is 3.65. The lowest BCUT2D eigenvalue weighted by molar-refractivity contribution is 0.402. The summed E-state index contributed by atoms with van der Waals surface area (Å²) in [6, 6.07) is 8.28. The van der Waals surface area contributed by atoms with Gasteiger partial charge in [-0.25, -0.2) is 19.9 Å². The number of hydrogen-bond donors (Lipinski definition) is 0. The minimum absolute atomic E-state index is 0.609. The van der Waals surface area contributed by atoms with Gasteiger partial charge in [0.2, 0.25) is 5.88 Å². The first-order chi connectivity index (χ1) is 13.2. The van der Waals surface area contributed by atoms with E-state index in [4.69, 9.17) is 4.74 Å². The number of rotatable bonds is 4. The average Bonchev–Trinajstić information content (AvgIpc) is 2.73. The highest BCUT2D eigenvalue weighted by atomic mass is 16.5. The largest absolute Gasteiger partial charge is 0.480 e. The molecule has 3 aromatic rings. The Morgan fingerprint density at radius 1 is 0.889 bits per heavy atom. The van der Waals surface area contributed by atoms with Gasteiger partial charge in [-0.3, -0.25) is 0 Å². The molecule has 1 aromatic carbocycles. The third-order valence-electron chi connectivity index (χ3n) is 4.84. The molecule has 3 heterocycles. The van der Waals surface area contributed by atoms with Crippen LogP contribution in [0.25, 0.3) is 10.9 Å². The summed E-state index contributed by atoms with van der Waals surface area (Å²) in [5, 5.41) is 0.936. The average molecular weight is 365 g/mol. The number of methoxy groups -OCH3 is 1. The summed E-state index contributed by atoms with van der Waals surface area (Å²) in [5.41, 5.74) is 2.05. The number of piperazine rings is 1. The van der Waals surface area contributed by atoms with Crippen LogP contribution in [0.15, 0.2) is 36.9 Å². The van der Waals surface area contributed by atoms with E-state index in [1.807, 2.05) is 31.1 Å². The molecule has 0 bridgehead atoms. The van der Waals surface area contributed by atoms with Crippen LogP contribution in [-0.2, 0) is 0 Å². The maximum atomic E-state index is 5.38. The third-order valence-corrected chi connectivity index (χ3v) is 4.84. The Morgan fingerprint density at radius 3 is 2.37 bits per heavy atom. The highest BCUT2D eigenvalue weighted by Crippen LogP contribution is 2.27. The van der Waals surface area contributed by atoms with Crippen LogP contribution in [0.5, 0.6) is 5.88 Å². The van der Waals surface area contributed by atoms with Crippen molar-refractivity contribution in [2.45, 2.75) is 0 Å². The fourth-order valence-electron chi connectivity index (χ4n) is 3.33. The molecule has 0 spiro atoms. The molecule has 0 unspecified atom stereocenters. The quantitative estimate of drug-likeness (QED) is 0.693. The van der Waals surface area contributed by atoms with E-state index in [0.717, 1.165) is 54.4 Å². The van der Waals surface area contributed by atoms with Crippen molar-refractivity contribution >= 4 is 28.2 Å². The van der Waals surface area contributed by atoms with E-state index in [-0.39, 0.29) is 0 Å². The molecule has 8 heteroatoms. The van der Waals surface area contributed by atoms with E-state index in [1.165, 1.54) is 6.33 Å². The number of hydrogen-bond acceptors (Lipinski definition) is 8.